The number of hydrogen-bond donors (Lipinski definition) is 3. The summed E-state index contributed by atoms with van der Waals surface area (Å²) < 4.78 is 37.6. The number of nitrogen functional groups attached to an aromatic ring is 1. The molecule has 1 aromatic heterocycles. The zero-order valence-corrected chi connectivity index (χ0v) is 10.2. The lowest BCUT2D eigenvalue weighted by Gasteiger charge is -2.13. The maximum absolute atomic E-state index is 12.5. The molecule has 0 radical (unpaired) electrons. The molecule has 1 heterocycles. The van der Waals surface area contributed by atoms with Crippen LogP contribution in [0.15, 0.2) is 6.07 Å². The van der Waals surface area contributed by atoms with Crippen LogP contribution in [0.2, 0.25) is 0 Å². The van der Waals surface area contributed by atoms with Crippen molar-refractivity contribution in [3.63, 3.8) is 0 Å². The average molecular weight is 278 g/mol. The van der Waals surface area contributed by atoms with Gasteiger partial charge in [0, 0.05) is 20.2 Å². The Hall–Kier alpha value is -2.10. The van der Waals surface area contributed by atoms with Crippen molar-refractivity contribution in [3.05, 3.63) is 11.8 Å². The van der Waals surface area contributed by atoms with E-state index in [1.54, 1.807) is 0 Å². The monoisotopic (exact) mass is 278 g/mol. The van der Waals surface area contributed by atoms with E-state index in [9.17, 15) is 18.0 Å². The van der Waals surface area contributed by atoms with Crippen LogP contribution >= 0.6 is 0 Å². The van der Waals surface area contributed by atoms with Crippen LogP contribution in [-0.4, -0.2) is 41.4 Å². The van der Waals surface area contributed by atoms with Crippen LogP contribution in [0.25, 0.3) is 0 Å². The quantitative estimate of drug-likeness (QED) is 0.541. The molecule has 19 heavy (non-hydrogen) atoms. The standard InChI is InChI=1S/C9H13F3N6O/c1-18(2)7(19)4-14-6-3-5(9(10,11)12)15-8(16-6)17-13/h3H,4,13H2,1-2H3,(H2,14,15,16,17). The fourth-order valence-corrected chi connectivity index (χ4v) is 1.07. The predicted molar refractivity (Wildman–Crippen MR) is 62.0 cm³/mol. The number of anilines is 2. The zero-order valence-electron chi connectivity index (χ0n) is 10.2. The van der Waals surface area contributed by atoms with E-state index in [-0.39, 0.29) is 18.3 Å². The Morgan fingerprint density at radius 3 is 2.53 bits per heavy atom. The molecule has 4 N–H and O–H groups in total. The topological polar surface area (TPSA) is 96.2 Å². The number of aromatic nitrogens is 2. The van der Waals surface area contributed by atoms with E-state index in [1.165, 1.54) is 19.0 Å². The van der Waals surface area contributed by atoms with Crippen molar-refractivity contribution in [1.29, 1.82) is 0 Å². The molecule has 0 aliphatic heterocycles. The number of amides is 1. The molecule has 0 unspecified atom stereocenters. The van der Waals surface area contributed by atoms with Gasteiger partial charge in [-0.05, 0) is 0 Å². The molecule has 0 aliphatic rings. The summed E-state index contributed by atoms with van der Waals surface area (Å²) in [5, 5.41) is 2.48. The lowest BCUT2D eigenvalue weighted by molar-refractivity contribution is -0.141. The normalized spacial score (nSPS) is 11.1. The number of rotatable bonds is 4. The number of hydrazine groups is 1. The highest BCUT2D eigenvalue weighted by molar-refractivity contribution is 5.80. The molecule has 10 heteroatoms. The van der Waals surface area contributed by atoms with Gasteiger partial charge in [-0.1, -0.05) is 0 Å². The summed E-state index contributed by atoms with van der Waals surface area (Å²) in [7, 11) is 3.05. The number of nitrogens with one attached hydrogen (secondary N) is 2. The highest BCUT2D eigenvalue weighted by Crippen LogP contribution is 2.29. The Morgan fingerprint density at radius 1 is 1.42 bits per heavy atom. The number of carbonyl (C=O) groups is 1. The van der Waals surface area contributed by atoms with E-state index in [0.717, 1.165) is 0 Å². The number of halogens is 3. The molecule has 0 saturated carbocycles. The Bertz CT molecular complexity index is 462. The molecule has 0 saturated heterocycles. The van der Waals surface area contributed by atoms with Gasteiger partial charge in [0.1, 0.15) is 5.82 Å². The molecule has 0 bridgehead atoms. The SMILES string of the molecule is CN(C)C(=O)CNc1cc(C(F)(F)F)nc(NN)n1. The number of likely N-dealkylation sites (N-methyl/N-ethyl adjacent to an activating group) is 1. The minimum absolute atomic E-state index is 0.148. The number of nitrogens with two attached hydrogens (primary N) is 1. The zero-order chi connectivity index (χ0) is 14.6. The number of carbonyl (C=O) groups excluding carboxylic acids is 1. The number of nitrogens with zero attached hydrogens (tertiary/aromatic N) is 3. The van der Waals surface area contributed by atoms with Gasteiger partial charge in [0.25, 0.3) is 0 Å². The van der Waals surface area contributed by atoms with Crippen molar-refractivity contribution in [1.82, 2.24) is 14.9 Å². The van der Waals surface area contributed by atoms with Crippen molar-refractivity contribution >= 4 is 17.7 Å². The fraction of sp³-hybridized carbons (Fsp3) is 0.444. The fourth-order valence-electron chi connectivity index (χ4n) is 1.07. The van der Waals surface area contributed by atoms with Gasteiger partial charge < -0.3 is 10.2 Å². The Morgan fingerprint density at radius 2 is 2.05 bits per heavy atom. The molecule has 0 spiro atoms. The second-order valence-corrected chi connectivity index (χ2v) is 3.75. The summed E-state index contributed by atoms with van der Waals surface area (Å²) in [6, 6.07) is 0.698. The summed E-state index contributed by atoms with van der Waals surface area (Å²) in [5.41, 5.74) is 0.776. The minimum atomic E-state index is -4.63. The van der Waals surface area contributed by atoms with Gasteiger partial charge in [0.05, 0.1) is 6.54 Å². The summed E-state index contributed by atoms with van der Waals surface area (Å²) in [6.07, 6.45) is -4.63. The van der Waals surface area contributed by atoms with E-state index in [4.69, 9.17) is 5.84 Å². The molecule has 1 amide bonds. The van der Waals surface area contributed by atoms with Crippen LogP contribution < -0.4 is 16.6 Å². The Kier molecular flexibility index (Phi) is 4.48. The van der Waals surface area contributed by atoms with Gasteiger partial charge in [0.15, 0.2) is 5.69 Å². The van der Waals surface area contributed by atoms with Crippen molar-refractivity contribution in [2.24, 2.45) is 5.84 Å². The molecular weight excluding hydrogens is 265 g/mol. The van der Waals surface area contributed by atoms with E-state index in [2.05, 4.69) is 15.3 Å². The summed E-state index contributed by atoms with van der Waals surface area (Å²) >= 11 is 0. The van der Waals surface area contributed by atoms with E-state index >= 15 is 0 Å². The maximum Gasteiger partial charge on any atom is 0.433 e. The summed E-state index contributed by atoms with van der Waals surface area (Å²) in [5.74, 6) is 4.14. The predicted octanol–water partition coefficient (Wildman–Crippen LogP) is 0.281. The van der Waals surface area contributed by atoms with Crippen molar-refractivity contribution in [3.8, 4) is 0 Å². The third kappa shape index (κ3) is 4.25. The lowest BCUT2D eigenvalue weighted by atomic mass is 10.3. The van der Waals surface area contributed by atoms with Crippen LogP contribution in [0, 0.1) is 0 Å². The number of alkyl halides is 3. The highest BCUT2D eigenvalue weighted by Gasteiger charge is 2.33. The molecule has 0 aliphatic carbocycles. The largest absolute Gasteiger partial charge is 0.433 e. The van der Waals surface area contributed by atoms with Crippen LogP contribution in [0.5, 0.6) is 0 Å². The first-order chi connectivity index (χ1) is 8.74. The van der Waals surface area contributed by atoms with Gasteiger partial charge in [-0.25, -0.2) is 10.8 Å². The first-order valence-corrected chi connectivity index (χ1v) is 5.11. The van der Waals surface area contributed by atoms with Crippen LogP contribution in [0.1, 0.15) is 5.69 Å². The first-order valence-electron chi connectivity index (χ1n) is 5.11. The third-order valence-electron chi connectivity index (χ3n) is 2.07. The third-order valence-corrected chi connectivity index (χ3v) is 2.07. The van der Waals surface area contributed by atoms with Gasteiger partial charge >= 0.3 is 6.18 Å². The molecule has 1 rings (SSSR count). The highest BCUT2D eigenvalue weighted by atomic mass is 19.4. The first kappa shape index (κ1) is 15.0. The number of hydrogen-bond acceptors (Lipinski definition) is 6. The smallest absolute Gasteiger partial charge is 0.361 e. The Labute approximate surface area is 107 Å². The molecule has 106 valence electrons. The van der Waals surface area contributed by atoms with E-state index in [0.29, 0.717) is 6.07 Å². The second kappa shape index (κ2) is 5.69. The van der Waals surface area contributed by atoms with E-state index < -0.39 is 17.8 Å². The molecule has 0 fully saturated rings. The van der Waals surface area contributed by atoms with Crippen LogP contribution in [0.4, 0.5) is 24.9 Å². The van der Waals surface area contributed by atoms with Crippen molar-refractivity contribution < 1.29 is 18.0 Å². The van der Waals surface area contributed by atoms with Gasteiger partial charge in [0.2, 0.25) is 11.9 Å². The van der Waals surface area contributed by atoms with Gasteiger partial charge in [-0.3, -0.25) is 10.2 Å². The van der Waals surface area contributed by atoms with Crippen molar-refractivity contribution in [2.45, 2.75) is 6.18 Å². The molecule has 0 atom stereocenters. The molecular formula is C9H13F3N6O. The van der Waals surface area contributed by atoms with Crippen LogP contribution in [-0.2, 0) is 11.0 Å². The summed E-state index contributed by atoms with van der Waals surface area (Å²) in [4.78, 5) is 19.4. The molecule has 0 aromatic carbocycles. The minimum Gasteiger partial charge on any atom is -0.361 e. The Balaban J connectivity index is 2.92. The van der Waals surface area contributed by atoms with Crippen LogP contribution in [0.3, 0.4) is 0 Å². The molecule has 7 nitrogen and oxygen atoms in total. The van der Waals surface area contributed by atoms with Gasteiger partial charge in [-0.15, -0.1) is 0 Å². The average Bonchev–Trinajstić information content (AvgIpc) is 2.34. The molecule has 1 aromatic rings. The van der Waals surface area contributed by atoms with Crippen molar-refractivity contribution in [2.75, 3.05) is 31.4 Å². The lowest BCUT2D eigenvalue weighted by Crippen LogP contribution is -2.29. The maximum atomic E-state index is 12.5. The second-order valence-electron chi connectivity index (χ2n) is 3.75. The van der Waals surface area contributed by atoms with Gasteiger partial charge in [-0.2, -0.15) is 18.2 Å². The van der Waals surface area contributed by atoms with E-state index in [1.807, 2.05) is 5.43 Å². The summed E-state index contributed by atoms with van der Waals surface area (Å²) in [6.45, 7) is -0.189.